The lowest BCUT2D eigenvalue weighted by Crippen LogP contribution is -2.12. The van der Waals surface area contributed by atoms with Gasteiger partial charge in [-0.15, -0.1) is 0 Å². The van der Waals surface area contributed by atoms with Crippen LogP contribution in [0.1, 0.15) is 37.6 Å². The zero-order valence-electron chi connectivity index (χ0n) is 7.93. The van der Waals surface area contributed by atoms with Crippen molar-refractivity contribution in [1.82, 2.24) is 9.97 Å². The van der Waals surface area contributed by atoms with Crippen LogP contribution < -0.4 is 0 Å². The highest BCUT2D eigenvalue weighted by molar-refractivity contribution is 5.10. The zero-order chi connectivity index (χ0) is 9.97. The predicted molar refractivity (Wildman–Crippen MR) is 50.6 cm³/mol. The van der Waals surface area contributed by atoms with Crippen molar-refractivity contribution in [3.63, 3.8) is 0 Å². The Morgan fingerprint density at radius 3 is 2.36 bits per heavy atom. The highest BCUT2D eigenvalue weighted by Gasteiger charge is 2.26. The first-order chi connectivity index (χ1) is 6.77. The molecule has 4 heteroatoms. The van der Waals surface area contributed by atoms with E-state index >= 15 is 0 Å². The van der Waals surface area contributed by atoms with Crippen LogP contribution >= 0.6 is 0 Å². The summed E-state index contributed by atoms with van der Waals surface area (Å²) in [6, 6.07) is 0. The fraction of sp³-hybridized carbons (Fsp3) is 0.600. The number of hydrogen-bond acceptors (Lipinski definition) is 4. The van der Waals surface area contributed by atoms with Crippen molar-refractivity contribution < 1.29 is 10.2 Å². The van der Waals surface area contributed by atoms with E-state index in [-0.39, 0.29) is 5.75 Å². The third-order valence-electron chi connectivity index (χ3n) is 2.77. The Balaban J connectivity index is 2.09. The van der Waals surface area contributed by atoms with Gasteiger partial charge >= 0.3 is 0 Å². The molecule has 2 N–H and O–H groups in total. The summed E-state index contributed by atoms with van der Waals surface area (Å²) in [5, 5.41) is 18.9. The van der Waals surface area contributed by atoms with E-state index in [0.717, 1.165) is 12.8 Å². The Labute approximate surface area is 82.6 Å². The van der Waals surface area contributed by atoms with Crippen molar-refractivity contribution in [1.29, 1.82) is 0 Å². The number of aliphatic hydroxyl groups is 1. The van der Waals surface area contributed by atoms with E-state index in [1.54, 1.807) is 0 Å². The molecular formula is C10H14N2O2. The highest BCUT2D eigenvalue weighted by atomic mass is 16.3. The molecule has 0 radical (unpaired) electrons. The summed E-state index contributed by atoms with van der Waals surface area (Å²) in [7, 11) is 0. The topological polar surface area (TPSA) is 66.2 Å². The lowest BCUT2D eigenvalue weighted by molar-refractivity contribution is 0.102. The number of nitrogens with zero attached hydrogens (tertiary/aromatic N) is 2. The standard InChI is InChI=1S/C10H14N2O2/c13-8-5-11-10(12-6-8)9(14)7-3-1-2-4-7/h5-7,9,13-14H,1-4H2. The molecule has 0 amide bonds. The molecule has 76 valence electrons. The molecule has 1 atom stereocenters. The molecule has 1 saturated carbocycles. The molecule has 1 aliphatic rings. The summed E-state index contributed by atoms with van der Waals surface area (Å²) in [5.74, 6) is 0.751. The van der Waals surface area contributed by atoms with Gasteiger partial charge in [0.2, 0.25) is 0 Å². The van der Waals surface area contributed by atoms with Gasteiger partial charge in [-0.2, -0.15) is 0 Å². The highest BCUT2D eigenvalue weighted by Crippen LogP contribution is 2.34. The number of aromatic hydroxyl groups is 1. The van der Waals surface area contributed by atoms with Gasteiger partial charge in [-0.1, -0.05) is 12.8 Å². The summed E-state index contributed by atoms with van der Waals surface area (Å²) in [5.41, 5.74) is 0. The van der Waals surface area contributed by atoms with Gasteiger partial charge in [-0.3, -0.25) is 0 Å². The van der Waals surface area contributed by atoms with Gasteiger partial charge in [0.25, 0.3) is 0 Å². The van der Waals surface area contributed by atoms with Gasteiger partial charge in [0.05, 0.1) is 12.4 Å². The van der Waals surface area contributed by atoms with Crippen molar-refractivity contribution in [3.05, 3.63) is 18.2 Å². The minimum atomic E-state index is -0.571. The monoisotopic (exact) mass is 194 g/mol. The normalized spacial score (nSPS) is 19.8. The molecule has 1 aromatic rings. The van der Waals surface area contributed by atoms with Gasteiger partial charge < -0.3 is 10.2 Å². The van der Waals surface area contributed by atoms with Crippen LogP contribution in [0.5, 0.6) is 5.75 Å². The number of rotatable bonds is 2. The largest absolute Gasteiger partial charge is 0.505 e. The lowest BCUT2D eigenvalue weighted by atomic mass is 10.0. The first-order valence-corrected chi connectivity index (χ1v) is 4.96. The van der Waals surface area contributed by atoms with Crippen molar-refractivity contribution >= 4 is 0 Å². The summed E-state index contributed by atoms with van der Waals surface area (Å²) in [6.07, 6.45) is 6.52. The maximum absolute atomic E-state index is 9.90. The van der Waals surface area contributed by atoms with Crippen LogP contribution in [0.2, 0.25) is 0 Å². The van der Waals surface area contributed by atoms with Crippen molar-refractivity contribution in [2.24, 2.45) is 5.92 Å². The van der Waals surface area contributed by atoms with Crippen LogP contribution in [0.15, 0.2) is 12.4 Å². The first kappa shape index (κ1) is 9.40. The Kier molecular flexibility index (Phi) is 2.63. The van der Waals surface area contributed by atoms with Crippen LogP contribution in [0.4, 0.5) is 0 Å². The van der Waals surface area contributed by atoms with E-state index in [2.05, 4.69) is 9.97 Å². The molecule has 0 spiro atoms. The van der Waals surface area contributed by atoms with Gasteiger partial charge in [-0.25, -0.2) is 9.97 Å². The minimum Gasteiger partial charge on any atom is -0.505 e. The molecule has 0 bridgehead atoms. The fourth-order valence-corrected chi connectivity index (χ4v) is 1.97. The van der Waals surface area contributed by atoms with E-state index in [4.69, 9.17) is 5.11 Å². The number of hydrogen-bond donors (Lipinski definition) is 2. The number of aromatic nitrogens is 2. The van der Waals surface area contributed by atoms with E-state index < -0.39 is 6.10 Å². The molecule has 4 nitrogen and oxygen atoms in total. The van der Waals surface area contributed by atoms with Crippen LogP contribution in [-0.2, 0) is 0 Å². The van der Waals surface area contributed by atoms with Crippen LogP contribution in [-0.4, -0.2) is 20.2 Å². The predicted octanol–water partition coefficient (Wildman–Crippen LogP) is 1.41. The lowest BCUT2D eigenvalue weighted by Gasteiger charge is -2.15. The van der Waals surface area contributed by atoms with Crippen LogP contribution in [0.3, 0.4) is 0 Å². The van der Waals surface area contributed by atoms with Crippen LogP contribution in [0.25, 0.3) is 0 Å². The molecule has 2 rings (SSSR count). The molecule has 1 heterocycles. The van der Waals surface area contributed by atoms with E-state index in [0.29, 0.717) is 11.7 Å². The van der Waals surface area contributed by atoms with Crippen molar-refractivity contribution in [3.8, 4) is 5.75 Å². The second kappa shape index (κ2) is 3.92. The molecular weight excluding hydrogens is 180 g/mol. The summed E-state index contributed by atoms with van der Waals surface area (Å²) >= 11 is 0. The third kappa shape index (κ3) is 1.85. The smallest absolute Gasteiger partial charge is 0.157 e. The Hall–Kier alpha value is -1.16. The van der Waals surface area contributed by atoms with E-state index in [1.807, 2.05) is 0 Å². The zero-order valence-corrected chi connectivity index (χ0v) is 7.93. The van der Waals surface area contributed by atoms with E-state index in [1.165, 1.54) is 25.2 Å². The van der Waals surface area contributed by atoms with Gasteiger partial charge in [0, 0.05) is 0 Å². The van der Waals surface area contributed by atoms with Gasteiger partial charge in [-0.05, 0) is 18.8 Å². The van der Waals surface area contributed by atoms with Gasteiger partial charge in [0.15, 0.2) is 11.6 Å². The average molecular weight is 194 g/mol. The van der Waals surface area contributed by atoms with Crippen LogP contribution in [0, 0.1) is 5.92 Å². The molecule has 1 aromatic heterocycles. The average Bonchev–Trinajstić information content (AvgIpc) is 2.71. The van der Waals surface area contributed by atoms with Crippen molar-refractivity contribution in [2.75, 3.05) is 0 Å². The Bertz CT molecular complexity index is 293. The molecule has 0 saturated heterocycles. The molecule has 1 aliphatic carbocycles. The maximum atomic E-state index is 9.90. The molecule has 1 fully saturated rings. The second-order valence-corrected chi connectivity index (χ2v) is 3.79. The fourth-order valence-electron chi connectivity index (χ4n) is 1.97. The Morgan fingerprint density at radius 2 is 1.79 bits per heavy atom. The SMILES string of the molecule is Oc1cnc(C(O)C2CCCC2)nc1. The molecule has 1 unspecified atom stereocenters. The van der Waals surface area contributed by atoms with Crippen molar-refractivity contribution in [2.45, 2.75) is 31.8 Å². The first-order valence-electron chi connectivity index (χ1n) is 4.96. The molecule has 0 aliphatic heterocycles. The molecule has 0 aromatic carbocycles. The summed E-state index contributed by atoms with van der Waals surface area (Å²) in [4.78, 5) is 7.82. The molecule has 14 heavy (non-hydrogen) atoms. The Morgan fingerprint density at radius 1 is 1.21 bits per heavy atom. The quantitative estimate of drug-likeness (QED) is 0.747. The van der Waals surface area contributed by atoms with Gasteiger partial charge in [0.1, 0.15) is 6.10 Å². The van der Waals surface area contributed by atoms with E-state index in [9.17, 15) is 5.11 Å². The summed E-state index contributed by atoms with van der Waals surface area (Å²) < 4.78 is 0. The third-order valence-corrected chi connectivity index (χ3v) is 2.77. The second-order valence-electron chi connectivity index (χ2n) is 3.79. The maximum Gasteiger partial charge on any atom is 0.157 e. The number of aliphatic hydroxyl groups excluding tert-OH is 1. The summed E-state index contributed by atoms with van der Waals surface area (Å²) in [6.45, 7) is 0. The minimum absolute atomic E-state index is 0.0346.